The van der Waals surface area contributed by atoms with E-state index in [0.29, 0.717) is 6.54 Å². The van der Waals surface area contributed by atoms with Crippen LogP contribution in [0.1, 0.15) is 24.6 Å². The van der Waals surface area contributed by atoms with Gasteiger partial charge in [-0.15, -0.1) is 11.3 Å². The van der Waals surface area contributed by atoms with Crippen LogP contribution in [0.4, 0.5) is 0 Å². The fourth-order valence-corrected chi connectivity index (χ4v) is 2.63. The average Bonchev–Trinajstić information content (AvgIpc) is 2.95. The van der Waals surface area contributed by atoms with Crippen LogP contribution in [0.2, 0.25) is 0 Å². The molecule has 1 heterocycles. The van der Waals surface area contributed by atoms with Crippen LogP contribution in [0, 0.1) is 5.41 Å². The van der Waals surface area contributed by atoms with Crippen molar-refractivity contribution in [3.8, 4) is 0 Å². The van der Waals surface area contributed by atoms with Crippen LogP contribution in [0.15, 0.2) is 17.5 Å². The Balaban J connectivity index is 2.02. The maximum absolute atomic E-state index is 12.3. The monoisotopic (exact) mass is 238 g/mol. The average molecular weight is 238 g/mol. The highest BCUT2D eigenvalue weighted by Crippen LogP contribution is 2.46. The molecule has 1 aliphatic rings. The molecule has 0 atom stereocenters. The van der Waals surface area contributed by atoms with Crippen molar-refractivity contribution in [2.75, 3.05) is 13.1 Å². The number of nitrogens with two attached hydrogens (primary N) is 1. The Labute approximate surface area is 100 Å². The molecule has 0 radical (unpaired) electrons. The van der Waals surface area contributed by atoms with Crippen LogP contribution in [-0.2, 0) is 11.3 Å². The van der Waals surface area contributed by atoms with E-state index >= 15 is 0 Å². The SMILES string of the molecule is CCN(Cc1cccs1)C(=O)C1(CN)CC1. The normalized spacial score (nSPS) is 17.1. The molecule has 1 aliphatic carbocycles. The predicted molar refractivity (Wildman–Crippen MR) is 66.1 cm³/mol. The summed E-state index contributed by atoms with van der Waals surface area (Å²) in [6.07, 6.45) is 1.92. The van der Waals surface area contributed by atoms with Crippen LogP contribution in [-0.4, -0.2) is 23.9 Å². The Bertz CT molecular complexity index is 357. The Hall–Kier alpha value is -0.870. The van der Waals surface area contributed by atoms with Crippen LogP contribution < -0.4 is 5.73 Å². The van der Waals surface area contributed by atoms with E-state index in [0.717, 1.165) is 25.9 Å². The molecule has 88 valence electrons. The minimum absolute atomic E-state index is 0.215. The molecular weight excluding hydrogens is 220 g/mol. The van der Waals surface area contributed by atoms with E-state index in [4.69, 9.17) is 5.73 Å². The highest BCUT2D eigenvalue weighted by Gasteiger charge is 2.50. The number of nitrogens with zero attached hydrogens (tertiary/aromatic N) is 1. The summed E-state index contributed by atoms with van der Waals surface area (Å²) >= 11 is 1.70. The molecule has 3 nitrogen and oxygen atoms in total. The lowest BCUT2D eigenvalue weighted by Gasteiger charge is -2.25. The first-order chi connectivity index (χ1) is 7.72. The summed E-state index contributed by atoms with van der Waals surface area (Å²) < 4.78 is 0. The van der Waals surface area contributed by atoms with Gasteiger partial charge in [0.2, 0.25) is 5.91 Å². The van der Waals surface area contributed by atoms with Crippen molar-refractivity contribution in [2.24, 2.45) is 11.1 Å². The molecule has 0 saturated heterocycles. The first-order valence-corrected chi connectivity index (χ1v) is 6.61. The Kier molecular flexibility index (Phi) is 3.30. The molecule has 1 aromatic heterocycles. The zero-order valence-electron chi connectivity index (χ0n) is 9.61. The van der Waals surface area contributed by atoms with Gasteiger partial charge < -0.3 is 10.6 Å². The Morgan fingerprint density at radius 3 is 2.81 bits per heavy atom. The third-order valence-electron chi connectivity index (χ3n) is 3.29. The van der Waals surface area contributed by atoms with Crippen LogP contribution in [0.5, 0.6) is 0 Å². The van der Waals surface area contributed by atoms with E-state index in [2.05, 4.69) is 6.07 Å². The topological polar surface area (TPSA) is 46.3 Å². The molecule has 0 aliphatic heterocycles. The van der Waals surface area contributed by atoms with Crippen molar-refractivity contribution >= 4 is 17.2 Å². The number of hydrogen-bond acceptors (Lipinski definition) is 3. The van der Waals surface area contributed by atoms with Crippen molar-refractivity contribution in [1.29, 1.82) is 0 Å². The van der Waals surface area contributed by atoms with Gasteiger partial charge in [0.1, 0.15) is 0 Å². The second-order valence-electron chi connectivity index (χ2n) is 4.38. The molecule has 1 amide bonds. The fraction of sp³-hybridized carbons (Fsp3) is 0.583. The summed E-state index contributed by atoms with van der Waals surface area (Å²) in [6, 6.07) is 4.09. The lowest BCUT2D eigenvalue weighted by Crippen LogP contribution is -2.39. The summed E-state index contributed by atoms with van der Waals surface area (Å²) in [4.78, 5) is 15.4. The highest BCUT2D eigenvalue weighted by atomic mass is 32.1. The molecule has 4 heteroatoms. The number of hydrogen-bond donors (Lipinski definition) is 1. The standard InChI is InChI=1S/C12H18N2OS/c1-2-14(8-10-4-3-7-16-10)11(15)12(9-13)5-6-12/h3-4,7H,2,5-6,8-9,13H2,1H3. The van der Waals surface area contributed by atoms with E-state index in [1.807, 2.05) is 23.3 Å². The van der Waals surface area contributed by atoms with E-state index < -0.39 is 0 Å². The van der Waals surface area contributed by atoms with Gasteiger partial charge in [-0.1, -0.05) is 6.07 Å². The van der Waals surface area contributed by atoms with Crippen LogP contribution >= 0.6 is 11.3 Å². The Morgan fingerprint density at radius 2 is 2.38 bits per heavy atom. The van der Waals surface area contributed by atoms with E-state index in [1.54, 1.807) is 11.3 Å². The van der Waals surface area contributed by atoms with Gasteiger partial charge in [-0.2, -0.15) is 0 Å². The molecule has 0 aromatic carbocycles. The minimum Gasteiger partial charge on any atom is -0.337 e. The fourth-order valence-electron chi connectivity index (χ4n) is 1.91. The minimum atomic E-state index is -0.215. The number of carbonyl (C=O) groups excluding carboxylic acids is 1. The maximum atomic E-state index is 12.3. The third-order valence-corrected chi connectivity index (χ3v) is 4.15. The summed E-state index contributed by atoms with van der Waals surface area (Å²) in [6.45, 7) is 4.01. The maximum Gasteiger partial charge on any atom is 0.230 e. The van der Waals surface area contributed by atoms with Crippen molar-refractivity contribution < 1.29 is 4.79 Å². The summed E-state index contributed by atoms with van der Waals surface area (Å²) in [5, 5.41) is 2.05. The van der Waals surface area contributed by atoms with Crippen molar-refractivity contribution in [1.82, 2.24) is 4.90 Å². The third kappa shape index (κ3) is 2.13. The van der Waals surface area contributed by atoms with Gasteiger partial charge in [-0.05, 0) is 31.2 Å². The lowest BCUT2D eigenvalue weighted by atomic mass is 10.1. The van der Waals surface area contributed by atoms with Crippen LogP contribution in [0.3, 0.4) is 0 Å². The largest absolute Gasteiger partial charge is 0.337 e. The van der Waals surface area contributed by atoms with Gasteiger partial charge >= 0.3 is 0 Å². The second-order valence-corrected chi connectivity index (χ2v) is 5.42. The highest BCUT2D eigenvalue weighted by molar-refractivity contribution is 7.09. The first kappa shape index (κ1) is 11.6. The zero-order chi connectivity index (χ0) is 11.6. The van der Waals surface area contributed by atoms with E-state index in [9.17, 15) is 4.79 Å². The first-order valence-electron chi connectivity index (χ1n) is 5.73. The summed E-state index contributed by atoms with van der Waals surface area (Å²) in [7, 11) is 0. The molecule has 0 unspecified atom stereocenters. The van der Waals surface area contributed by atoms with Crippen molar-refractivity contribution in [2.45, 2.75) is 26.3 Å². The van der Waals surface area contributed by atoms with Gasteiger partial charge in [0, 0.05) is 18.0 Å². The van der Waals surface area contributed by atoms with Crippen molar-refractivity contribution in [3.63, 3.8) is 0 Å². The van der Waals surface area contributed by atoms with Gasteiger partial charge in [0.05, 0.1) is 12.0 Å². The lowest BCUT2D eigenvalue weighted by molar-refractivity contribution is -0.137. The van der Waals surface area contributed by atoms with Gasteiger partial charge in [-0.25, -0.2) is 0 Å². The quantitative estimate of drug-likeness (QED) is 0.850. The number of carbonyl (C=O) groups is 1. The van der Waals surface area contributed by atoms with Gasteiger partial charge in [0.25, 0.3) is 0 Å². The molecule has 2 rings (SSSR count). The summed E-state index contributed by atoms with van der Waals surface area (Å²) in [5.74, 6) is 0.242. The van der Waals surface area contributed by atoms with Crippen molar-refractivity contribution in [3.05, 3.63) is 22.4 Å². The molecule has 1 fully saturated rings. The number of amides is 1. The molecule has 2 N–H and O–H groups in total. The van der Waals surface area contributed by atoms with E-state index in [-0.39, 0.29) is 11.3 Å². The molecule has 16 heavy (non-hydrogen) atoms. The smallest absolute Gasteiger partial charge is 0.230 e. The van der Waals surface area contributed by atoms with Crippen LogP contribution in [0.25, 0.3) is 0 Å². The Morgan fingerprint density at radius 1 is 1.62 bits per heavy atom. The molecule has 1 aromatic rings. The molecule has 0 spiro atoms. The molecular formula is C12H18N2OS. The second kappa shape index (κ2) is 4.55. The molecule has 1 saturated carbocycles. The van der Waals surface area contributed by atoms with Gasteiger partial charge in [-0.3, -0.25) is 4.79 Å². The predicted octanol–water partition coefficient (Wildman–Crippen LogP) is 1.84. The van der Waals surface area contributed by atoms with Gasteiger partial charge in [0.15, 0.2) is 0 Å². The molecule has 0 bridgehead atoms. The number of thiophene rings is 1. The van der Waals surface area contributed by atoms with E-state index in [1.165, 1.54) is 4.88 Å². The zero-order valence-corrected chi connectivity index (χ0v) is 10.4. The number of rotatable bonds is 5. The summed E-state index contributed by atoms with van der Waals surface area (Å²) in [5.41, 5.74) is 5.48.